The molecule has 78 valence electrons. The molecule has 1 fully saturated rings. The van der Waals surface area contributed by atoms with Crippen LogP contribution in [0.4, 0.5) is 0 Å². The molecule has 0 bridgehead atoms. The minimum Gasteiger partial charge on any atom is -0.302 e. The molecule has 0 aromatic heterocycles. The predicted octanol–water partition coefficient (Wildman–Crippen LogP) is 2.50. The Labute approximate surface area is 92.1 Å². The molecule has 1 heteroatoms. The minimum atomic E-state index is 0.712. The fraction of sp³-hybridized carbons (Fsp3) is 0.429. The van der Waals surface area contributed by atoms with Gasteiger partial charge < -0.3 is 4.90 Å². The minimum absolute atomic E-state index is 0.712. The van der Waals surface area contributed by atoms with Crippen molar-refractivity contribution in [3.05, 3.63) is 35.9 Å². The van der Waals surface area contributed by atoms with Gasteiger partial charge in [0.1, 0.15) is 0 Å². The van der Waals surface area contributed by atoms with E-state index < -0.39 is 0 Å². The average Bonchev–Trinajstić information content (AvgIpc) is 2.76. The van der Waals surface area contributed by atoms with E-state index in [1.54, 1.807) is 0 Å². The summed E-state index contributed by atoms with van der Waals surface area (Å²) in [6.07, 6.45) is 7.42. The Kier molecular flexibility index (Phi) is 3.42. The van der Waals surface area contributed by atoms with E-state index in [9.17, 15) is 0 Å². The third-order valence-corrected chi connectivity index (χ3v) is 3.12. The Bertz CT molecular complexity index is 336. The molecule has 1 saturated heterocycles. The van der Waals surface area contributed by atoms with Gasteiger partial charge in [-0.25, -0.2) is 0 Å². The van der Waals surface area contributed by atoms with Crippen LogP contribution in [0.2, 0.25) is 0 Å². The second kappa shape index (κ2) is 5.00. The molecule has 0 amide bonds. The monoisotopic (exact) mass is 199 g/mol. The van der Waals surface area contributed by atoms with Gasteiger partial charge in [0.2, 0.25) is 0 Å². The van der Waals surface area contributed by atoms with Crippen LogP contribution in [-0.2, 0) is 0 Å². The molecule has 1 atom stereocenters. The molecule has 1 aromatic rings. The van der Waals surface area contributed by atoms with Crippen LogP contribution < -0.4 is 0 Å². The first-order chi connectivity index (χ1) is 7.40. The number of terminal acetylenes is 1. The van der Waals surface area contributed by atoms with E-state index in [2.05, 4.69) is 41.2 Å². The number of hydrogen-bond acceptors (Lipinski definition) is 1. The zero-order valence-electron chi connectivity index (χ0n) is 9.02. The standard InChI is InChI=1S/C14H17N/c1-2-3-10-15-11-9-14(12-15)13-7-5-4-6-8-13/h1,4-8,14H,3,9-12H2. The van der Waals surface area contributed by atoms with Crippen molar-refractivity contribution in [3.8, 4) is 12.3 Å². The second-order valence-electron chi connectivity index (χ2n) is 4.15. The zero-order chi connectivity index (χ0) is 10.5. The van der Waals surface area contributed by atoms with Crippen LogP contribution >= 0.6 is 0 Å². The van der Waals surface area contributed by atoms with Crippen LogP contribution in [0.15, 0.2) is 30.3 Å². The van der Waals surface area contributed by atoms with Gasteiger partial charge in [0.15, 0.2) is 0 Å². The summed E-state index contributed by atoms with van der Waals surface area (Å²) in [4.78, 5) is 2.47. The fourth-order valence-electron chi connectivity index (χ4n) is 2.26. The molecule has 0 N–H and O–H groups in total. The number of hydrogen-bond donors (Lipinski definition) is 0. The highest BCUT2D eigenvalue weighted by atomic mass is 15.1. The molecular weight excluding hydrogens is 182 g/mol. The van der Waals surface area contributed by atoms with E-state index in [4.69, 9.17) is 6.42 Å². The summed E-state index contributed by atoms with van der Waals surface area (Å²) < 4.78 is 0. The van der Waals surface area contributed by atoms with Crippen LogP contribution in [0.25, 0.3) is 0 Å². The lowest BCUT2D eigenvalue weighted by Crippen LogP contribution is -2.21. The van der Waals surface area contributed by atoms with E-state index >= 15 is 0 Å². The van der Waals surface area contributed by atoms with E-state index in [0.717, 1.165) is 13.0 Å². The lowest BCUT2D eigenvalue weighted by Gasteiger charge is -2.14. The third-order valence-electron chi connectivity index (χ3n) is 3.12. The lowest BCUT2D eigenvalue weighted by molar-refractivity contribution is 0.343. The van der Waals surface area contributed by atoms with E-state index in [-0.39, 0.29) is 0 Å². The molecule has 1 heterocycles. The van der Waals surface area contributed by atoms with Crippen molar-refractivity contribution in [2.45, 2.75) is 18.8 Å². The van der Waals surface area contributed by atoms with Crippen LogP contribution in [0, 0.1) is 12.3 Å². The summed E-state index contributed by atoms with van der Waals surface area (Å²) in [5, 5.41) is 0. The zero-order valence-corrected chi connectivity index (χ0v) is 9.02. The summed E-state index contributed by atoms with van der Waals surface area (Å²) in [5.41, 5.74) is 1.47. The number of likely N-dealkylation sites (tertiary alicyclic amines) is 1. The van der Waals surface area contributed by atoms with Crippen molar-refractivity contribution in [1.82, 2.24) is 4.90 Å². The van der Waals surface area contributed by atoms with Gasteiger partial charge in [0, 0.05) is 19.5 Å². The molecule has 0 saturated carbocycles. The highest BCUT2D eigenvalue weighted by Crippen LogP contribution is 2.26. The van der Waals surface area contributed by atoms with Gasteiger partial charge in [-0.05, 0) is 24.4 Å². The van der Waals surface area contributed by atoms with Crippen molar-refractivity contribution >= 4 is 0 Å². The SMILES string of the molecule is C#CCCN1CCC(c2ccccc2)C1. The molecule has 1 aliphatic rings. The predicted molar refractivity (Wildman–Crippen MR) is 63.7 cm³/mol. The maximum absolute atomic E-state index is 5.28. The van der Waals surface area contributed by atoms with Crippen molar-refractivity contribution in [3.63, 3.8) is 0 Å². The van der Waals surface area contributed by atoms with Gasteiger partial charge in [0.25, 0.3) is 0 Å². The Hall–Kier alpha value is -1.26. The van der Waals surface area contributed by atoms with Crippen molar-refractivity contribution in [2.24, 2.45) is 0 Å². The number of nitrogens with zero attached hydrogens (tertiary/aromatic N) is 1. The molecule has 0 spiro atoms. The number of rotatable bonds is 3. The van der Waals surface area contributed by atoms with E-state index in [1.807, 2.05) is 0 Å². The Morgan fingerprint density at radius 1 is 1.33 bits per heavy atom. The summed E-state index contributed by atoms with van der Waals surface area (Å²) in [6, 6.07) is 10.8. The van der Waals surface area contributed by atoms with Crippen LogP contribution in [0.3, 0.4) is 0 Å². The maximum atomic E-state index is 5.28. The first-order valence-electron chi connectivity index (χ1n) is 5.61. The Morgan fingerprint density at radius 2 is 2.13 bits per heavy atom. The molecular formula is C14H17N. The highest BCUT2D eigenvalue weighted by molar-refractivity contribution is 5.20. The topological polar surface area (TPSA) is 3.24 Å². The summed E-state index contributed by atoms with van der Waals surface area (Å²) >= 11 is 0. The van der Waals surface area contributed by atoms with Gasteiger partial charge in [-0.1, -0.05) is 30.3 Å². The molecule has 1 aliphatic heterocycles. The largest absolute Gasteiger partial charge is 0.302 e. The fourth-order valence-corrected chi connectivity index (χ4v) is 2.26. The Balaban J connectivity index is 1.91. The highest BCUT2D eigenvalue weighted by Gasteiger charge is 2.22. The summed E-state index contributed by atoms with van der Waals surface area (Å²) in [5.74, 6) is 3.42. The normalized spacial score (nSPS) is 21.4. The van der Waals surface area contributed by atoms with Crippen molar-refractivity contribution in [2.75, 3.05) is 19.6 Å². The van der Waals surface area contributed by atoms with E-state index in [0.29, 0.717) is 5.92 Å². The summed E-state index contributed by atoms with van der Waals surface area (Å²) in [6.45, 7) is 3.42. The van der Waals surface area contributed by atoms with Crippen molar-refractivity contribution in [1.29, 1.82) is 0 Å². The first-order valence-corrected chi connectivity index (χ1v) is 5.61. The lowest BCUT2D eigenvalue weighted by atomic mass is 9.99. The van der Waals surface area contributed by atoms with Crippen molar-refractivity contribution < 1.29 is 0 Å². The molecule has 0 radical (unpaired) electrons. The van der Waals surface area contributed by atoms with Gasteiger partial charge in [-0.15, -0.1) is 12.3 Å². The first kappa shape index (κ1) is 10.3. The van der Waals surface area contributed by atoms with Gasteiger partial charge in [-0.3, -0.25) is 0 Å². The van der Waals surface area contributed by atoms with Crippen LogP contribution in [0.1, 0.15) is 24.3 Å². The molecule has 1 aromatic carbocycles. The molecule has 15 heavy (non-hydrogen) atoms. The molecule has 1 unspecified atom stereocenters. The third kappa shape index (κ3) is 2.61. The Morgan fingerprint density at radius 3 is 2.87 bits per heavy atom. The maximum Gasteiger partial charge on any atom is 0.0214 e. The van der Waals surface area contributed by atoms with Gasteiger partial charge in [-0.2, -0.15) is 0 Å². The summed E-state index contributed by atoms with van der Waals surface area (Å²) in [7, 11) is 0. The number of benzene rings is 1. The molecule has 1 nitrogen and oxygen atoms in total. The van der Waals surface area contributed by atoms with Gasteiger partial charge in [0.05, 0.1) is 0 Å². The molecule has 2 rings (SSSR count). The average molecular weight is 199 g/mol. The molecule has 0 aliphatic carbocycles. The van der Waals surface area contributed by atoms with Crippen LogP contribution in [-0.4, -0.2) is 24.5 Å². The smallest absolute Gasteiger partial charge is 0.0214 e. The van der Waals surface area contributed by atoms with Crippen LogP contribution in [0.5, 0.6) is 0 Å². The second-order valence-corrected chi connectivity index (χ2v) is 4.15. The quantitative estimate of drug-likeness (QED) is 0.676. The van der Waals surface area contributed by atoms with Gasteiger partial charge >= 0.3 is 0 Å². The van der Waals surface area contributed by atoms with E-state index in [1.165, 1.54) is 25.1 Å².